The number of aromatic nitrogens is 2. The molecule has 0 aliphatic heterocycles. The molecule has 1 unspecified atom stereocenters. The van der Waals surface area contributed by atoms with Gasteiger partial charge in [0, 0.05) is 24.5 Å². The Morgan fingerprint density at radius 3 is 2.56 bits per heavy atom. The van der Waals surface area contributed by atoms with Gasteiger partial charge in [-0.1, -0.05) is 18.2 Å². The standard InChI is InChI=1S/C13H16N4O/c1-9-11(8-17(2)16-9)12(13(14)18)15-10-6-4-3-5-7-10/h3-8,12,15H,1-2H3,(H2,14,18). The van der Waals surface area contributed by atoms with Gasteiger partial charge in [-0.15, -0.1) is 0 Å². The third kappa shape index (κ3) is 2.51. The number of nitrogens with one attached hydrogen (secondary N) is 1. The smallest absolute Gasteiger partial charge is 0.244 e. The third-order valence-electron chi connectivity index (χ3n) is 2.73. The molecular formula is C13H16N4O. The zero-order chi connectivity index (χ0) is 13.1. The summed E-state index contributed by atoms with van der Waals surface area (Å²) in [6.45, 7) is 1.86. The lowest BCUT2D eigenvalue weighted by Gasteiger charge is -2.16. The Morgan fingerprint density at radius 2 is 2.06 bits per heavy atom. The summed E-state index contributed by atoms with van der Waals surface area (Å²) >= 11 is 0. The van der Waals surface area contributed by atoms with Crippen LogP contribution in [0.15, 0.2) is 36.5 Å². The Bertz CT molecular complexity index is 547. The summed E-state index contributed by atoms with van der Waals surface area (Å²) in [5, 5.41) is 7.35. The molecule has 0 bridgehead atoms. The lowest BCUT2D eigenvalue weighted by atomic mass is 10.1. The first-order valence-corrected chi connectivity index (χ1v) is 5.69. The van der Waals surface area contributed by atoms with Crippen LogP contribution in [0.5, 0.6) is 0 Å². The van der Waals surface area contributed by atoms with Crippen molar-refractivity contribution in [2.45, 2.75) is 13.0 Å². The van der Waals surface area contributed by atoms with Crippen LogP contribution >= 0.6 is 0 Å². The number of hydrogen-bond acceptors (Lipinski definition) is 3. The Morgan fingerprint density at radius 1 is 1.39 bits per heavy atom. The number of aryl methyl sites for hydroxylation is 2. The number of carbonyl (C=O) groups is 1. The highest BCUT2D eigenvalue weighted by Crippen LogP contribution is 2.21. The number of hydrogen-bond donors (Lipinski definition) is 2. The largest absolute Gasteiger partial charge is 0.370 e. The van der Waals surface area contributed by atoms with Gasteiger partial charge < -0.3 is 11.1 Å². The molecule has 0 radical (unpaired) electrons. The molecule has 0 saturated heterocycles. The maximum atomic E-state index is 11.6. The molecule has 1 aromatic heterocycles. The molecule has 5 heteroatoms. The number of carbonyl (C=O) groups excluding carboxylic acids is 1. The molecule has 3 N–H and O–H groups in total. The molecule has 1 aromatic carbocycles. The minimum Gasteiger partial charge on any atom is -0.370 e. The van der Waals surface area contributed by atoms with Crippen LogP contribution in [0, 0.1) is 6.92 Å². The van der Waals surface area contributed by atoms with Gasteiger partial charge in [0.05, 0.1) is 5.69 Å². The summed E-state index contributed by atoms with van der Waals surface area (Å²) in [6, 6.07) is 8.93. The molecule has 2 rings (SSSR count). The summed E-state index contributed by atoms with van der Waals surface area (Å²) in [6.07, 6.45) is 1.81. The fourth-order valence-corrected chi connectivity index (χ4v) is 1.90. The predicted molar refractivity (Wildman–Crippen MR) is 69.9 cm³/mol. The van der Waals surface area contributed by atoms with Crippen LogP contribution in [0.1, 0.15) is 17.3 Å². The van der Waals surface area contributed by atoms with Crippen molar-refractivity contribution in [2.75, 3.05) is 5.32 Å². The molecule has 1 heterocycles. The number of para-hydroxylation sites is 1. The lowest BCUT2D eigenvalue weighted by molar-refractivity contribution is -0.118. The van der Waals surface area contributed by atoms with Crippen LogP contribution in [-0.2, 0) is 11.8 Å². The maximum Gasteiger partial charge on any atom is 0.244 e. The number of primary amides is 1. The molecule has 18 heavy (non-hydrogen) atoms. The average molecular weight is 244 g/mol. The molecule has 0 aliphatic carbocycles. The number of anilines is 1. The van der Waals surface area contributed by atoms with E-state index in [2.05, 4.69) is 10.4 Å². The van der Waals surface area contributed by atoms with E-state index in [0.717, 1.165) is 16.9 Å². The Balaban J connectivity index is 2.30. The number of rotatable bonds is 4. The molecule has 0 saturated carbocycles. The Hall–Kier alpha value is -2.30. The number of nitrogens with zero attached hydrogens (tertiary/aromatic N) is 2. The topological polar surface area (TPSA) is 72.9 Å². The minimum absolute atomic E-state index is 0.421. The molecule has 0 fully saturated rings. The fourth-order valence-electron chi connectivity index (χ4n) is 1.90. The van der Waals surface area contributed by atoms with Gasteiger partial charge in [0.2, 0.25) is 5.91 Å². The van der Waals surface area contributed by atoms with Gasteiger partial charge in [-0.2, -0.15) is 5.10 Å². The van der Waals surface area contributed by atoms with Crippen molar-refractivity contribution in [1.29, 1.82) is 0 Å². The van der Waals surface area contributed by atoms with Gasteiger partial charge in [0.15, 0.2) is 0 Å². The van der Waals surface area contributed by atoms with Crippen LogP contribution in [-0.4, -0.2) is 15.7 Å². The summed E-state index contributed by atoms with van der Waals surface area (Å²) in [7, 11) is 1.82. The van der Waals surface area contributed by atoms with Crippen LogP contribution in [0.2, 0.25) is 0 Å². The third-order valence-corrected chi connectivity index (χ3v) is 2.73. The van der Waals surface area contributed by atoms with Gasteiger partial charge in [-0.25, -0.2) is 0 Å². The number of amides is 1. The van der Waals surface area contributed by atoms with Crippen LogP contribution in [0.25, 0.3) is 0 Å². The van der Waals surface area contributed by atoms with Crippen molar-refractivity contribution >= 4 is 11.6 Å². The first-order valence-electron chi connectivity index (χ1n) is 5.69. The minimum atomic E-state index is -0.568. The Kier molecular flexibility index (Phi) is 3.32. The molecule has 94 valence electrons. The fraction of sp³-hybridized carbons (Fsp3) is 0.231. The van der Waals surface area contributed by atoms with Crippen molar-refractivity contribution in [2.24, 2.45) is 12.8 Å². The highest BCUT2D eigenvalue weighted by atomic mass is 16.1. The second kappa shape index (κ2) is 4.91. The first kappa shape index (κ1) is 12.2. The van der Waals surface area contributed by atoms with Crippen LogP contribution in [0.3, 0.4) is 0 Å². The van der Waals surface area contributed by atoms with E-state index in [9.17, 15) is 4.79 Å². The number of nitrogens with two attached hydrogens (primary N) is 1. The monoisotopic (exact) mass is 244 g/mol. The van der Waals surface area contributed by atoms with Gasteiger partial charge in [-0.3, -0.25) is 9.48 Å². The molecule has 0 aliphatic rings. The summed E-state index contributed by atoms with van der Waals surface area (Å²) in [5.41, 5.74) is 7.90. The van der Waals surface area contributed by atoms with Crippen molar-refractivity contribution in [1.82, 2.24) is 9.78 Å². The second-order valence-electron chi connectivity index (χ2n) is 4.19. The zero-order valence-electron chi connectivity index (χ0n) is 10.4. The predicted octanol–water partition coefficient (Wildman–Crippen LogP) is 1.37. The van der Waals surface area contributed by atoms with Crippen LogP contribution in [0.4, 0.5) is 5.69 Å². The van der Waals surface area contributed by atoms with E-state index in [1.807, 2.05) is 44.3 Å². The number of benzene rings is 1. The van der Waals surface area contributed by atoms with E-state index >= 15 is 0 Å². The van der Waals surface area contributed by atoms with E-state index in [0.29, 0.717) is 0 Å². The normalized spacial score (nSPS) is 12.1. The van der Waals surface area contributed by atoms with E-state index in [4.69, 9.17) is 5.73 Å². The summed E-state index contributed by atoms with van der Waals surface area (Å²) in [5.74, 6) is -0.421. The highest BCUT2D eigenvalue weighted by Gasteiger charge is 2.21. The van der Waals surface area contributed by atoms with Crippen molar-refractivity contribution < 1.29 is 4.79 Å². The van der Waals surface area contributed by atoms with Gasteiger partial charge in [-0.05, 0) is 19.1 Å². The van der Waals surface area contributed by atoms with Crippen molar-refractivity contribution in [3.05, 3.63) is 47.8 Å². The lowest BCUT2D eigenvalue weighted by Crippen LogP contribution is -2.28. The molecule has 1 amide bonds. The van der Waals surface area contributed by atoms with E-state index in [-0.39, 0.29) is 0 Å². The zero-order valence-corrected chi connectivity index (χ0v) is 10.4. The maximum absolute atomic E-state index is 11.6. The molecule has 1 atom stereocenters. The molecule has 2 aromatic rings. The average Bonchev–Trinajstić information content (AvgIpc) is 2.66. The summed E-state index contributed by atoms with van der Waals surface area (Å²) < 4.78 is 1.67. The van der Waals surface area contributed by atoms with Crippen molar-refractivity contribution in [3.63, 3.8) is 0 Å². The SMILES string of the molecule is Cc1nn(C)cc1C(Nc1ccccc1)C(N)=O. The van der Waals surface area contributed by atoms with Gasteiger partial charge in [0.1, 0.15) is 6.04 Å². The van der Waals surface area contributed by atoms with E-state index < -0.39 is 11.9 Å². The Labute approximate surface area is 106 Å². The highest BCUT2D eigenvalue weighted by molar-refractivity contribution is 5.84. The molecule has 5 nitrogen and oxygen atoms in total. The van der Waals surface area contributed by atoms with E-state index in [1.54, 1.807) is 10.9 Å². The molecular weight excluding hydrogens is 228 g/mol. The van der Waals surface area contributed by atoms with Gasteiger partial charge >= 0.3 is 0 Å². The quantitative estimate of drug-likeness (QED) is 0.853. The van der Waals surface area contributed by atoms with Gasteiger partial charge in [0.25, 0.3) is 0 Å². The molecule has 0 spiro atoms. The first-order chi connectivity index (χ1) is 8.58. The van der Waals surface area contributed by atoms with Crippen LogP contribution < -0.4 is 11.1 Å². The van der Waals surface area contributed by atoms with E-state index in [1.165, 1.54) is 0 Å². The summed E-state index contributed by atoms with van der Waals surface area (Å²) in [4.78, 5) is 11.6. The second-order valence-corrected chi connectivity index (χ2v) is 4.19. The van der Waals surface area contributed by atoms with Crippen molar-refractivity contribution in [3.8, 4) is 0 Å².